The number of aliphatic hydroxyl groups excluding tert-OH is 8. The third kappa shape index (κ3) is 9.88. The number of aliphatic hydroxyl groups is 8. The first-order chi connectivity index (χ1) is 21.2. The van der Waals surface area contributed by atoms with E-state index in [9.17, 15) is 50.4 Å². The van der Waals surface area contributed by atoms with Crippen LogP contribution < -0.4 is 0 Å². The lowest BCUT2D eigenvalue weighted by atomic mass is 9.66. The molecule has 0 aromatic carbocycles. The second kappa shape index (κ2) is 18.9. The maximum Gasteiger partial charge on any atom is 0.327 e. The Bertz CT molecular complexity index is 889. The molecule has 13 nitrogen and oxygen atoms in total. The van der Waals surface area contributed by atoms with Crippen LogP contribution in [0.1, 0.15) is 111 Å². The average molecular weight is 651 g/mol. The minimum Gasteiger partial charge on any atom is -0.432 e. The molecule has 0 radical (unpaired) electrons. The van der Waals surface area contributed by atoms with Crippen molar-refractivity contribution in [2.75, 3.05) is 0 Å². The molecular formula is C32H58O13. The summed E-state index contributed by atoms with van der Waals surface area (Å²) in [6.45, 7) is 6.84. The van der Waals surface area contributed by atoms with Crippen molar-refractivity contribution in [3.8, 4) is 0 Å². The SMILES string of the molecule is CCCCCCCC(O)CC(=O)C(C(=O)OC1O[C@@H](C)[C@H](O)[C@@H](O)[C@H]1O)(C(O)CCCCCCC)C1O[C@@H](C)[C@H](O)[C@@H](O)[C@H]1O. The fraction of sp³-hybridized carbons (Fsp3) is 0.938. The Morgan fingerprint density at radius 1 is 0.667 bits per heavy atom. The van der Waals surface area contributed by atoms with E-state index in [0.717, 1.165) is 44.9 Å². The van der Waals surface area contributed by atoms with Crippen molar-refractivity contribution in [2.45, 2.75) is 185 Å². The summed E-state index contributed by atoms with van der Waals surface area (Å²) < 4.78 is 16.7. The molecule has 0 aromatic rings. The molecule has 13 heteroatoms. The zero-order chi connectivity index (χ0) is 33.9. The molecule has 8 N–H and O–H groups in total. The molecule has 0 saturated carbocycles. The minimum absolute atomic E-state index is 0.122. The molecule has 0 aliphatic carbocycles. The van der Waals surface area contributed by atoms with E-state index in [-0.39, 0.29) is 12.8 Å². The summed E-state index contributed by atoms with van der Waals surface area (Å²) in [5.74, 6) is -2.49. The maximum absolute atomic E-state index is 14.3. The zero-order valence-corrected chi connectivity index (χ0v) is 27.2. The van der Waals surface area contributed by atoms with E-state index in [4.69, 9.17) is 14.2 Å². The molecule has 2 fully saturated rings. The number of unbranched alkanes of at least 4 members (excludes halogenated alkanes) is 8. The highest BCUT2D eigenvalue weighted by Gasteiger charge is 2.65. The normalized spacial score (nSPS) is 34.9. The highest BCUT2D eigenvalue weighted by atomic mass is 16.7. The van der Waals surface area contributed by atoms with Crippen molar-refractivity contribution < 1.29 is 64.7 Å². The molecule has 0 aromatic heterocycles. The summed E-state index contributed by atoms with van der Waals surface area (Å²) >= 11 is 0. The Balaban J connectivity index is 2.53. The molecule has 0 bridgehead atoms. The van der Waals surface area contributed by atoms with E-state index in [1.54, 1.807) is 0 Å². The van der Waals surface area contributed by atoms with Crippen molar-refractivity contribution >= 4 is 11.8 Å². The lowest BCUT2D eigenvalue weighted by molar-refractivity contribution is -0.296. The first-order valence-electron chi connectivity index (χ1n) is 16.7. The number of hydrogen-bond donors (Lipinski definition) is 8. The van der Waals surface area contributed by atoms with E-state index < -0.39 is 97.0 Å². The van der Waals surface area contributed by atoms with Crippen LogP contribution in [0.25, 0.3) is 0 Å². The van der Waals surface area contributed by atoms with E-state index in [0.29, 0.717) is 19.3 Å². The van der Waals surface area contributed by atoms with Gasteiger partial charge in [0.2, 0.25) is 6.29 Å². The minimum atomic E-state index is -2.74. The summed E-state index contributed by atoms with van der Waals surface area (Å²) in [6, 6.07) is 0. The lowest BCUT2D eigenvalue weighted by Gasteiger charge is -2.49. The monoisotopic (exact) mass is 650 g/mol. The van der Waals surface area contributed by atoms with Crippen molar-refractivity contribution in [2.24, 2.45) is 5.41 Å². The Hall–Kier alpha value is -1.26. The first kappa shape index (κ1) is 39.9. The summed E-state index contributed by atoms with van der Waals surface area (Å²) in [5.41, 5.74) is -2.74. The van der Waals surface area contributed by atoms with Gasteiger partial charge >= 0.3 is 5.97 Å². The summed E-state index contributed by atoms with van der Waals surface area (Å²) in [5, 5.41) is 85.9. The van der Waals surface area contributed by atoms with Crippen LogP contribution in [-0.4, -0.2) is 126 Å². The predicted octanol–water partition coefficient (Wildman–Crippen LogP) is 0.616. The van der Waals surface area contributed by atoms with Gasteiger partial charge in [0.1, 0.15) is 42.7 Å². The Labute approximate surface area is 266 Å². The van der Waals surface area contributed by atoms with Crippen LogP contribution in [-0.2, 0) is 23.8 Å². The molecule has 2 saturated heterocycles. The van der Waals surface area contributed by atoms with Crippen LogP contribution in [0.4, 0.5) is 0 Å². The van der Waals surface area contributed by atoms with E-state index in [2.05, 4.69) is 6.92 Å². The van der Waals surface area contributed by atoms with Crippen LogP contribution in [0.15, 0.2) is 0 Å². The van der Waals surface area contributed by atoms with Crippen molar-refractivity contribution in [1.29, 1.82) is 0 Å². The number of ketones is 1. The van der Waals surface area contributed by atoms with Crippen LogP contribution in [0, 0.1) is 5.41 Å². The van der Waals surface area contributed by atoms with E-state index in [1.165, 1.54) is 13.8 Å². The standard InChI is InChI=1S/C32H58O13/c1-5-7-9-11-13-15-20(33)17-22(35)32(21(34)16-14-12-10-8-6-2,29-27(40)25(38)23(36)18(3)43-29)31(42)45-30-28(41)26(39)24(37)19(4)44-30/h18-21,23-30,33-34,36-41H,5-17H2,1-4H3/t18-,19-,20?,21?,23-,24-,25+,26+,27+,28+,29?,30?,32?/m0/s1. The quantitative estimate of drug-likeness (QED) is 0.0546. The van der Waals surface area contributed by atoms with Gasteiger partial charge in [-0.2, -0.15) is 0 Å². The van der Waals surface area contributed by atoms with Crippen molar-refractivity contribution in [3.05, 3.63) is 0 Å². The fourth-order valence-corrected chi connectivity index (χ4v) is 6.28. The Morgan fingerprint density at radius 2 is 1.16 bits per heavy atom. The highest BCUT2D eigenvalue weighted by molar-refractivity contribution is 6.05. The van der Waals surface area contributed by atoms with E-state index >= 15 is 0 Å². The van der Waals surface area contributed by atoms with Gasteiger partial charge in [0.15, 0.2) is 11.2 Å². The van der Waals surface area contributed by atoms with Gasteiger partial charge in [0.05, 0.1) is 24.4 Å². The molecule has 2 aliphatic heterocycles. The van der Waals surface area contributed by atoms with Crippen LogP contribution in [0.2, 0.25) is 0 Å². The number of Topliss-reactive ketones (excluding diaryl/α,β-unsaturated/α-hetero) is 1. The second-order valence-electron chi connectivity index (χ2n) is 12.9. The largest absolute Gasteiger partial charge is 0.432 e. The number of esters is 1. The van der Waals surface area contributed by atoms with Gasteiger partial charge in [-0.15, -0.1) is 0 Å². The molecule has 45 heavy (non-hydrogen) atoms. The number of carbonyl (C=O) groups excluding carboxylic acids is 2. The fourth-order valence-electron chi connectivity index (χ4n) is 6.28. The predicted molar refractivity (Wildman–Crippen MR) is 162 cm³/mol. The number of hydrogen-bond acceptors (Lipinski definition) is 13. The summed E-state index contributed by atoms with van der Waals surface area (Å²) in [6.07, 6.45) is -12.2. The molecule has 0 amide bonds. The number of ether oxygens (including phenoxy) is 3. The number of carbonyl (C=O) groups is 2. The molecule has 0 spiro atoms. The molecule has 2 heterocycles. The molecular weight excluding hydrogens is 592 g/mol. The summed E-state index contributed by atoms with van der Waals surface area (Å²) in [4.78, 5) is 28.6. The first-order valence-corrected chi connectivity index (χ1v) is 16.7. The Morgan fingerprint density at radius 3 is 1.71 bits per heavy atom. The Kier molecular flexibility index (Phi) is 16.8. The molecule has 13 atom stereocenters. The van der Waals surface area contributed by atoms with Crippen LogP contribution in [0.3, 0.4) is 0 Å². The van der Waals surface area contributed by atoms with E-state index in [1.807, 2.05) is 6.92 Å². The van der Waals surface area contributed by atoms with Gasteiger partial charge in [-0.05, 0) is 26.7 Å². The average Bonchev–Trinajstić information content (AvgIpc) is 3.00. The molecule has 2 rings (SSSR count). The van der Waals surface area contributed by atoms with Gasteiger partial charge in [-0.3, -0.25) is 9.59 Å². The third-order valence-electron chi connectivity index (χ3n) is 9.30. The highest BCUT2D eigenvalue weighted by Crippen LogP contribution is 2.43. The third-order valence-corrected chi connectivity index (χ3v) is 9.30. The smallest absolute Gasteiger partial charge is 0.327 e. The van der Waals surface area contributed by atoms with Crippen LogP contribution in [0.5, 0.6) is 0 Å². The van der Waals surface area contributed by atoms with Crippen LogP contribution >= 0.6 is 0 Å². The zero-order valence-electron chi connectivity index (χ0n) is 27.2. The van der Waals surface area contributed by atoms with Gasteiger partial charge < -0.3 is 55.1 Å². The van der Waals surface area contributed by atoms with Crippen molar-refractivity contribution in [3.63, 3.8) is 0 Å². The molecule has 5 unspecified atom stereocenters. The van der Waals surface area contributed by atoms with Crippen molar-refractivity contribution in [1.82, 2.24) is 0 Å². The topological polar surface area (TPSA) is 224 Å². The number of rotatable bonds is 19. The second-order valence-corrected chi connectivity index (χ2v) is 12.9. The lowest BCUT2D eigenvalue weighted by Crippen LogP contribution is -2.69. The molecule has 264 valence electrons. The van der Waals surface area contributed by atoms with Gasteiger partial charge in [0.25, 0.3) is 0 Å². The van der Waals surface area contributed by atoms with Gasteiger partial charge in [0, 0.05) is 6.42 Å². The molecule has 2 aliphatic rings. The van der Waals surface area contributed by atoms with Gasteiger partial charge in [-0.1, -0.05) is 78.1 Å². The maximum atomic E-state index is 14.3. The summed E-state index contributed by atoms with van der Waals surface area (Å²) in [7, 11) is 0. The van der Waals surface area contributed by atoms with Gasteiger partial charge in [-0.25, -0.2) is 0 Å².